The Bertz CT molecular complexity index is 403. The molecule has 2 aromatic rings. The van der Waals surface area contributed by atoms with E-state index < -0.39 is 0 Å². The number of rotatable bonds is 3. The number of thiophene rings is 1. The van der Waals surface area contributed by atoms with Crippen molar-refractivity contribution in [1.29, 1.82) is 0 Å². The quantitative estimate of drug-likeness (QED) is 0.718. The standard InChI is InChI=1S/C13H13FS/c1-2-13(11-7-8-15-9-11)10-3-5-12(14)6-4-10/h3-9,13H,2H2,1H3. The van der Waals surface area contributed by atoms with Crippen LogP contribution in [-0.2, 0) is 0 Å². The van der Waals surface area contributed by atoms with Crippen LogP contribution >= 0.6 is 11.3 Å². The number of hydrogen-bond acceptors (Lipinski definition) is 1. The van der Waals surface area contributed by atoms with E-state index in [9.17, 15) is 4.39 Å². The van der Waals surface area contributed by atoms with Gasteiger partial charge in [-0.25, -0.2) is 4.39 Å². The van der Waals surface area contributed by atoms with Crippen LogP contribution in [0, 0.1) is 5.82 Å². The van der Waals surface area contributed by atoms with Crippen LogP contribution in [0.25, 0.3) is 0 Å². The first-order valence-electron chi connectivity index (χ1n) is 5.09. The molecule has 0 N–H and O–H groups in total. The fraction of sp³-hybridized carbons (Fsp3) is 0.231. The lowest BCUT2D eigenvalue weighted by Crippen LogP contribution is -1.97. The molecule has 0 nitrogen and oxygen atoms in total. The highest BCUT2D eigenvalue weighted by atomic mass is 32.1. The number of halogens is 1. The van der Waals surface area contributed by atoms with E-state index in [1.807, 2.05) is 12.1 Å². The predicted octanol–water partition coefficient (Wildman–Crippen LogP) is 4.43. The average molecular weight is 220 g/mol. The van der Waals surface area contributed by atoms with Crippen LogP contribution < -0.4 is 0 Å². The predicted molar refractivity (Wildman–Crippen MR) is 62.9 cm³/mol. The first kappa shape index (κ1) is 10.4. The molecule has 2 heteroatoms. The van der Waals surface area contributed by atoms with E-state index in [-0.39, 0.29) is 5.82 Å². The smallest absolute Gasteiger partial charge is 0.123 e. The zero-order valence-electron chi connectivity index (χ0n) is 8.61. The molecule has 0 aliphatic carbocycles. The van der Waals surface area contributed by atoms with Gasteiger partial charge in [0.25, 0.3) is 0 Å². The molecule has 0 saturated heterocycles. The summed E-state index contributed by atoms with van der Waals surface area (Å²) in [5.41, 5.74) is 2.52. The van der Waals surface area contributed by atoms with Gasteiger partial charge in [-0.3, -0.25) is 0 Å². The number of hydrogen-bond donors (Lipinski definition) is 0. The molecular weight excluding hydrogens is 207 g/mol. The van der Waals surface area contributed by atoms with Gasteiger partial charge in [0.2, 0.25) is 0 Å². The van der Waals surface area contributed by atoms with Gasteiger partial charge < -0.3 is 0 Å². The normalized spacial score (nSPS) is 12.7. The summed E-state index contributed by atoms with van der Waals surface area (Å²) in [5.74, 6) is 0.232. The Labute approximate surface area is 93.4 Å². The third-order valence-electron chi connectivity index (χ3n) is 2.63. The van der Waals surface area contributed by atoms with E-state index in [0.717, 1.165) is 6.42 Å². The molecule has 0 saturated carbocycles. The molecule has 0 bridgehead atoms. The third kappa shape index (κ3) is 2.26. The Morgan fingerprint density at radius 1 is 1.13 bits per heavy atom. The molecular formula is C13H13FS. The van der Waals surface area contributed by atoms with Gasteiger partial charge in [-0.1, -0.05) is 19.1 Å². The van der Waals surface area contributed by atoms with Crippen molar-refractivity contribution >= 4 is 11.3 Å². The molecule has 1 atom stereocenters. The van der Waals surface area contributed by atoms with Gasteiger partial charge in [-0.15, -0.1) is 0 Å². The lowest BCUT2D eigenvalue weighted by atomic mass is 9.91. The van der Waals surface area contributed by atoms with Crippen molar-refractivity contribution in [2.24, 2.45) is 0 Å². The van der Waals surface area contributed by atoms with Crippen molar-refractivity contribution in [2.75, 3.05) is 0 Å². The summed E-state index contributed by atoms with van der Waals surface area (Å²) in [6.07, 6.45) is 1.04. The summed E-state index contributed by atoms with van der Waals surface area (Å²) in [6.45, 7) is 2.16. The largest absolute Gasteiger partial charge is 0.207 e. The first-order chi connectivity index (χ1) is 7.31. The first-order valence-corrected chi connectivity index (χ1v) is 6.03. The van der Waals surface area contributed by atoms with Crippen LogP contribution in [0.15, 0.2) is 41.1 Å². The van der Waals surface area contributed by atoms with Gasteiger partial charge in [-0.2, -0.15) is 11.3 Å². The average Bonchev–Trinajstić information content (AvgIpc) is 2.75. The molecule has 1 aromatic heterocycles. The number of benzene rings is 1. The van der Waals surface area contributed by atoms with Crippen LogP contribution in [0.3, 0.4) is 0 Å². The summed E-state index contributed by atoms with van der Waals surface area (Å²) < 4.78 is 12.8. The molecule has 0 aliphatic rings. The van der Waals surface area contributed by atoms with Gasteiger partial charge in [0.05, 0.1) is 0 Å². The van der Waals surface area contributed by atoms with Crippen LogP contribution in [0.1, 0.15) is 30.4 Å². The van der Waals surface area contributed by atoms with E-state index in [1.165, 1.54) is 23.3 Å². The molecule has 0 spiro atoms. The van der Waals surface area contributed by atoms with E-state index >= 15 is 0 Å². The second-order valence-corrected chi connectivity index (χ2v) is 4.35. The topological polar surface area (TPSA) is 0 Å². The Morgan fingerprint density at radius 2 is 1.87 bits per heavy atom. The van der Waals surface area contributed by atoms with Crippen molar-refractivity contribution in [3.63, 3.8) is 0 Å². The molecule has 2 rings (SSSR count). The van der Waals surface area contributed by atoms with Gasteiger partial charge in [0.15, 0.2) is 0 Å². The second-order valence-electron chi connectivity index (χ2n) is 3.57. The fourth-order valence-electron chi connectivity index (χ4n) is 1.83. The lowest BCUT2D eigenvalue weighted by molar-refractivity contribution is 0.625. The summed E-state index contributed by atoms with van der Waals surface area (Å²) in [4.78, 5) is 0. The maximum atomic E-state index is 12.8. The molecule has 0 fully saturated rings. The minimum absolute atomic E-state index is 0.168. The second kappa shape index (κ2) is 4.58. The molecule has 78 valence electrons. The fourth-order valence-corrected chi connectivity index (χ4v) is 2.55. The van der Waals surface area contributed by atoms with Gasteiger partial charge >= 0.3 is 0 Å². The molecule has 0 amide bonds. The summed E-state index contributed by atoms with van der Waals surface area (Å²) in [6, 6.07) is 8.96. The van der Waals surface area contributed by atoms with Crippen LogP contribution in [0.2, 0.25) is 0 Å². The van der Waals surface area contributed by atoms with Crippen molar-refractivity contribution in [3.8, 4) is 0 Å². The highest BCUT2D eigenvalue weighted by molar-refractivity contribution is 7.08. The van der Waals surface area contributed by atoms with E-state index in [2.05, 4.69) is 23.8 Å². The minimum Gasteiger partial charge on any atom is -0.207 e. The molecule has 1 aromatic carbocycles. The van der Waals surface area contributed by atoms with Crippen LogP contribution in [-0.4, -0.2) is 0 Å². The summed E-state index contributed by atoms with van der Waals surface area (Å²) in [5, 5.41) is 4.25. The van der Waals surface area contributed by atoms with Crippen molar-refractivity contribution in [2.45, 2.75) is 19.3 Å². The molecule has 0 aliphatic heterocycles. The van der Waals surface area contributed by atoms with E-state index in [1.54, 1.807) is 11.3 Å². The van der Waals surface area contributed by atoms with Gasteiger partial charge in [0, 0.05) is 5.92 Å². The van der Waals surface area contributed by atoms with Crippen LogP contribution in [0.5, 0.6) is 0 Å². The summed E-state index contributed by atoms with van der Waals surface area (Å²) in [7, 11) is 0. The highest BCUT2D eigenvalue weighted by Gasteiger charge is 2.11. The van der Waals surface area contributed by atoms with Gasteiger partial charge in [0.1, 0.15) is 5.82 Å². The van der Waals surface area contributed by atoms with E-state index in [4.69, 9.17) is 0 Å². The molecule has 0 radical (unpaired) electrons. The van der Waals surface area contributed by atoms with E-state index in [0.29, 0.717) is 5.92 Å². The summed E-state index contributed by atoms with van der Waals surface area (Å²) >= 11 is 1.71. The molecule has 15 heavy (non-hydrogen) atoms. The van der Waals surface area contributed by atoms with Gasteiger partial charge in [-0.05, 0) is 46.5 Å². The van der Waals surface area contributed by atoms with Crippen molar-refractivity contribution in [3.05, 3.63) is 58.0 Å². The Hall–Kier alpha value is -1.15. The van der Waals surface area contributed by atoms with Crippen molar-refractivity contribution in [1.82, 2.24) is 0 Å². The lowest BCUT2D eigenvalue weighted by Gasteiger charge is -2.13. The Kier molecular flexibility index (Phi) is 3.17. The van der Waals surface area contributed by atoms with Crippen molar-refractivity contribution < 1.29 is 4.39 Å². The highest BCUT2D eigenvalue weighted by Crippen LogP contribution is 2.29. The maximum Gasteiger partial charge on any atom is 0.123 e. The maximum absolute atomic E-state index is 12.8. The Balaban J connectivity index is 2.31. The zero-order chi connectivity index (χ0) is 10.7. The molecule has 1 unspecified atom stereocenters. The molecule has 1 heterocycles. The zero-order valence-corrected chi connectivity index (χ0v) is 9.43. The monoisotopic (exact) mass is 220 g/mol. The SMILES string of the molecule is CCC(c1ccc(F)cc1)c1ccsc1. The minimum atomic E-state index is -0.168. The van der Waals surface area contributed by atoms with Crippen LogP contribution in [0.4, 0.5) is 4.39 Å². The third-order valence-corrected chi connectivity index (χ3v) is 3.33. The Morgan fingerprint density at radius 3 is 2.40 bits per heavy atom.